The van der Waals surface area contributed by atoms with Crippen molar-refractivity contribution >= 4 is 11.6 Å². The molecule has 1 aliphatic carbocycles. The number of para-hydroxylation sites is 2. The Balaban J connectivity index is 1.47. The molecule has 0 unspecified atom stereocenters. The van der Waals surface area contributed by atoms with E-state index in [2.05, 4.69) is 10.6 Å². The lowest BCUT2D eigenvalue weighted by Gasteiger charge is -2.22. The van der Waals surface area contributed by atoms with Crippen LogP contribution in [0, 0.1) is 11.8 Å². The Bertz CT molecular complexity index is 494. The number of hydrogen-bond acceptors (Lipinski definition) is 3. The molecule has 0 aromatic heterocycles. The molecule has 0 bridgehead atoms. The van der Waals surface area contributed by atoms with Gasteiger partial charge in [-0.1, -0.05) is 12.1 Å². The summed E-state index contributed by atoms with van der Waals surface area (Å²) in [5.41, 5.74) is 0.804. The maximum absolute atomic E-state index is 12.2. The fraction of sp³-hybridized carbons (Fsp3) is 0.611. The van der Waals surface area contributed by atoms with Crippen LogP contribution in [-0.2, 0) is 4.79 Å². The van der Waals surface area contributed by atoms with E-state index in [1.54, 1.807) is 0 Å². The molecule has 1 aromatic rings. The molecule has 1 amide bonds. The van der Waals surface area contributed by atoms with Gasteiger partial charge in [0.15, 0.2) is 0 Å². The molecule has 0 radical (unpaired) electrons. The van der Waals surface area contributed by atoms with Gasteiger partial charge in [-0.15, -0.1) is 0 Å². The van der Waals surface area contributed by atoms with Crippen molar-refractivity contribution in [2.24, 2.45) is 11.8 Å². The van der Waals surface area contributed by atoms with Crippen LogP contribution in [-0.4, -0.2) is 25.6 Å². The first-order chi connectivity index (χ1) is 10.8. The Labute approximate surface area is 132 Å². The van der Waals surface area contributed by atoms with Crippen LogP contribution in [0.2, 0.25) is 0 Å². The third kappa shape index (κ3) is 4.73. The van der Waals surface area contributed by atoms with Gasteiger partial charge >= 0.3 is 0 Å². The Hall–Kier alpha value is -1.55. The summed E-state index contributed by atoms with van der Waals surface area (Å²) < 4.78 is 5.83. The van der Waals surface area contributed by atoms with Crippen LogP contribution in [0.5, 0.6) is 5.75 Å². The van der Waals surface area contributed by atoms with Crippen molar-refractivity contribution in [1.29, 1.82) is 0 Å². The van der Waals surface area contributed by atoms with Gasteiger partial charge in [-0.3, -0.25) is 4.79 Å². The third-order valence-corrected chi connectivity index (χ3v) is 4.57. The van der Waals surface area contributed by atoms with Crippen LogP contribution in [0.3, 0.4) is 0 Å². The van der Waals surface area contributed by atoms with Crippen LogP contribution in [0.1, 0.15) is 38.5 Å². The fourth-order valence-corrected chi connectivity index (χ4v) is 2.91. The number of anilines is 1. The summed E-state index contributed by atoms with van der Waals surface area (Å²) in [7, 11) is 0. The van der Waals surface area contributed by atoms with E-state index in [1.807, 2.05) is 24.3 Å². The minimum atomic E-state index is 0.0982. The van der Waals surface area contributed by atoms with Gasteiger partial charge in [0, 0.05) is 6.42 Å². The molecule has 1 aliphatic heterocycles. The second-order valence-corrected chi connectivity index (χ2v) is 6.53. The molecular formula is C18H26N2O2. The molecule has 0 spiro atoms. The van der Waals surface area contributed by atoms with Gasteiger partial charge in [-0.25, -0.2) is 0 Å². The van der Waals surface area contributed by atoms with Crippen LogP contribution >= 0.6 is 0 Å². The lowest BCUT2D eigenvalue weighted by molar-refractivity contribution is -0.116. The SMILES string of the molecule is O=C(CCC1CCNCC1)Nc1ccccc1OCC1CC1. The zero-order valence-electron chi connectivity index (χ0n) is 13.1. The van der Waals surface area contributed by atoms with E-state index in [9.17, 15) is 4.79 Å². The van der Waals surface area contributed by atoms with Crippen molar-refractivity contribution in [3.8, 4) is 5.75 Å². The van der Waals surface area contributed by atoms with Gasteiger partial charge in [-0.05, 0) is 69.2 Å². The van der Waals surface area contributed by atoms with Crippen LogP contribution < -0.4 is 15.4 Å². The zero-order chi connectivity index (χ0) is 15.2. The smallest absolute Gasteiger partial charge is 0.224 e. The molecular weight excluding hydrogens is 276 g/mol. The lowest BCUT2D eigenvalue weighted by atomic mass is 9.93. The summed E-state index contributed by atoms with van der Waals surface area (Å²) >= 11 is 0. The molecule has 1 heterocycles. The van der Waals surface area contributed by atoms with Crippen molar-refractivity contribution in [3.63, 3.8) is 0 Å². The van der Waals surface area contributed by atoms with Crippen molar-refractivity contribution in [3.05, 3.63) is 24.3 Å². The minimum Gasteiger partial charge on any atom is -0.491 e. The second-order valence-electron chi connectivity index (χ2n) is 6.53. The van der Waals surface area contributed by atoms with E-state index in [0.717, 1.165) is 37.6 Å². The van der Waals surface area contributed by atoms with Crippen molar-refractivity contribution in [2.75, 3.05) is 25.0 Å². The van der Waals surface area contributed by atoms with Gasteiger partial charge in [0.1, 0.15) is 5.75 Å². The number of carbonyl (C=O) groups excluding carboxylic acids is 1. The Morgan fingerprint density at radius 2 is 1.91 bits per heavy atom. The van der Waals surface area contributed by atoms with Gasteiger partial charge < -0.3 is 15.4 Å². The standard InChI is InChI=1S/C18H26N2O2/c21-18(8-7-14-9-11-19-12-10-14)20-16-3-1-2-4-17(16)22-13-15-5-6-15/h1-4,14-15,19H,5-13H2,(H,20,21). The molecule has 22 heavy (non-hydrogen) atoms. The van der Waals surface area contributed by atoms with E-state index >= 15 is 0 Å². The normalized spacial score (nSPS) is 18.9. The van der Waals surface area contributed by atoms with Crippen molar-refractivity contribution in [1.82, 2.24) is 5.32 Å². The van der Waals surface area contributed by atoms with Gasteiger partial charge in [-0.2, -0.15) is 0 Å². The first-order valence-electron chi connectivity index (χ1n) is 8.53. The molecule has 2 aliphatic rings. The summed E-state index contributed by atoms with van der Waals surface area (Å²) in [6.07, 6.45) is 6.50. The van der Waals surface area contributed by atoms with E-state index in [4.69, 9.17) is 4.74 Å². The highest BCUT2D eigenvalue weighted by molar-refractivity contribution is 5.92. The Kier molecular flexibility index (Phi) is 5.33. The molecule has 120 valence electrons. The third-order valence-electron chi connectivity index (χ3n) is 4.57. The van der Waals surface area contributed by atoms with Crippen molar-refractivity contribution in [2.45, 2.75) is 38.5 Å². The lowest BCUT2D eigenvalue weighted by Crippen LogP contribution is -2.28. The number of benzene rings is 1. The van der Waals surface area contributed by atoms with Crippen LogP contribution in [0.15, 0.2) is 24.3 Å². The highest BCUT2D eigenvalue weighted by Crippen LogP contribution is 2.31. The first-order valence-corrected chi connectivity index (χ1v) is 8.53. The average molecular weight is 302 g/mol. The quantitative estimate of drug-likeness (QED) is 0.813. The van der Waals surface area contributed by atoms with Gasteiger partial charge in [0.05, 0.1) is 12.3 Å². The Morgan fingerprint density at radius 1 is 1.14 bits per heavy atom. The molecule has 0 atom stereocenters. The molecule has 4 heteroatoms. The predicted octanol–water partition coefficient (Wildman–Crippen LogP) is 3.19. The van der Waals surface area contributed by atoms with E-state index in [1.165, 1.54) is 25.7 Å². The number of nitrogens with one attached hydrogen (secondary N) is 2. The molecule has 3 rings (SSSR count). The molecule has 1 aromatic carbocycles. The predicted molar refractivity (Wildman–Crippen MR) is 88.1 cm³/mol. The topological polar surface area (TPSA) is 50.4 Å². The van der Waals surface area contributed by atoms with Crippen molar-refractivity contribution < 1.29 is 9.53 Å². The van der Waals surface area contributed by atoms with Gasteiger partial charge in [0.25, 0.3) is 0 Å². The van der Waals surface area contributed by atoms with Crippen LogP contribution in [0.4, 0.5) is 5.69 Å². The highest BCUT2D eigenvalue weighted by Gasteiger charge is 2.22. The summed E-state index contributed by atoms with van der Waals surface area (Å²) in [5.74, 6) is 2.29. The molecule has 2 N–H and O–H groups in total. The molecule has 1 saturated carbocycles. The molecule has 4 nitrogen and oxygen atoms in total. The monoisotopic (exact) mass is 302 g/mol. The fourth-order valence-electron chi connectivity index (χ4n) is 2.91. The number of hydrogen-bond donors (Lipinski definition) is 2. The van der Waals surface area contributed by atoms with E-state index in [-0.39, 0.29) is 5.91 Å². The number of carbonyl (C=O) groups is 1. The molecule has 2 fully saturated rings. The first kappa shape index (κ1) is 15.3. The summed E-state index contributed by atoms with van der Waals surface area (Å²) in [6.45, 7) is 2.94. The highest BCUT2D eigenvalue weighted by atomic mass is 16.5. The second kappa shape index (κ2) is 7.63. The van der Waals surface area contributed by atoms with Crippen LogP contribution in [0.25, 0.3) is 0 Å². The maximum Gasteiger partial charge on any atom is 0.224 e. The number of ether oxygens (including phenoxy) is 1. The van der Waals surface area contributed by atoms with E-state index in [0.29, 0.717) is 18.3 Å². The Morgan fingerprint density at radius 3 is 2.68 bits per heavy atom. The number of rotatable bonds is 7. The maximum atomic E-state index is 12.2. The average Bonchev–Trinajstić information content (AvgIpc) is 3.37. The summed E-state index contributed by atoms with van der Waals surface area (Å²) in [5, 5.41) is 6.38. The molecule has 1 saturated heterocycles. The van der Waals surface area contributed by atoms with E-state index < -0.39 is 0 Å². The van der Waals surface area contributed by atoms with Gasteiger partial charge in [0.2, 0.25) is 5.91 Å². The summed E-state index contributed by atoms with van der Waals surface area (Å²) in [4.78, 5) is 12.2. The summed E-state index contributed by atoms with van der Waals surface area (Å²) in [6, 6.07) is 7.74. The largest absolute Gasteiger partial charge is 0.491 e. The minimum absolute atomic E-state index is 0.0982. The zero-order valence-corrected chi connectivity index (χ0v) is 13.1. The number of piperidine rings is 1. The number of amides is 1.